The number of piperidine rings is 1. The zero-order chi connectivity index (χ0) is 15.4. The van der Waals surface area contributed by atoms with E-state index in [2.05, 4.69) is 24.1 Å². The number of rotatable bonds is 6. The molecule has 0 bridgehead atoms. The van der Waals surface area contributed by atoms with Gasteiger partial charge in [0.05, 0.1) is 0 Å². The molecule has 3 aliphatic rings. The normalized spacial score (nSPS) is 37.9. The highest BCUT2D eigenvalue weighted by molar-refractivity contribution is 4.92. The molecule has 2 nitrogen and oxygen atoms in total. The van der Waals surface area contributed by atoms with Crippen molar-refractivity contribution in [3.63, 3.8) is 0 Å². The van der Waals surface area contributed by atoms with Gasteiger partial charge in [0.2, 0.25) is 0 Å². The van der Waals surface area contributed by atoms with Crippen molar-refractivity contribution in [3.8, 4) is 0 Å². The van der Waals surface area contributed by atoms with E-state index in [-0.39, 0.29) is 0 Å². The van der Waals surface area contributed by atoms with E-state index in [0.29, 0.717) is 0 Å². The monoisotopic (exact) mass is 306 g/mol. The number of nitrogens with zero attached hydrogens (tertiary/aromatic N) is 1. The van der Waals surface area contributed by atoms with E-state index in [0.717, 1.165) is 29.8 Å². The van der Waals surface area contributed by atoms with Crippen molar-refractivity contribution in [2.75, 3.05) is 19.6 Å². The van der Waals surface area contributed by atoms with E-state index in [1.165, 1.54) is 83.8 Å². The molecule has 2 aliphatic carbocycles. The smallest absolute Gasteiger partial charge is 0.0198 e. The van der Waals surface area contributed by atoms with Crippen molar-refractivity contribution < 1.29 is 0 Å². The highest BCUT2D eigenvalue weighted by Crippen LogP contribution is 2.34. The van der Waals surface area contributed by atoms with E-state index >= 15 is 0 Å². The molecule has 1 aliphatic heterocycles. The molecule has 3 fully saturated rings. The summed E-state index contributed by atoms with van der Waals surface area (Å²) < 4.78 is 0. The largest absolute Gasteiger partial charge is 0.312 e. The van der Waals surface area contributed by atoms with Crippen molar-refractivity contribution in [3.05, 3.63) is 0 Å². The molecule has 128 valence electrons. The van der Waals surface area contributed by atoms with Crippen LogP contribution in [-0.4, -0.2) is 36.6 Å². The number of hydrogen-bond acceptors (Lipinski definition) is 2. The Bertz CT molecular complexity index is 318. The Balaban J connectivity index is 1.48. The van der Waals surface area contributed by atoms with Gasteiger partial charge in [-0.1, -0.05) is 39.5 Å². The average molecular weight is 307 g/mol. The van der Waals surface area contributed by atoms with E-state index in [9.17, 15) is 0 Å². The molecule has 0 radical (unpaired) electrons. The Morgan fingerprint density at radius 2 is 1.73 bits per heavy atom. The lowest BCUT2D eigenvalue weighted by molar-refractivity contribution is 0.0309. The highest BCUT2D eigenvalue weighted by Gasteiger charge is 2.36. The lowest BCUT2D eigenvalue weighted by Crippen LogP contribution is -2.56. The predicted octanol–water partition coefficient (Wildman–Crippen LogP) is 4.45. The van der Waals surface area contributed by atoms with Gasteiger partial charge in [0.25, 0.3) is 0 Å². The third-order valence-electron chi connectivity index (χ3n) is 6.55. The fraction of sp³-hybridized carbons (Fsp3) is 1.00. The van der Waals surface area contributed by atoms with Crippen molar-refractivity contribution in [1.29, 1.82) is 0 Å². The molecule has 0 aromatic rings. The minimum Gasteiger partial charge on any atom is -0.312 e. The second-order valence-electron chi connectivity index (χ2n) is 8.68. The topological polar surface area (TPSA) is 15.3 Å². The molecule has 2 atom stereocenters. The maximum Gasteiger partial charge on any atom is 0.0198 e. The average Bonchev–Trinajstić information content (AvgIpc) is 2.51. The Kier molecular flexibility index (Phi) is 6.21. The molecule has 2 heteroatoms. The fourth-order valence-electron chi connectivity index (χ4n) is 5.19. The molecule has 1 heterocycles. The maximum absolute atomic E-state index is 3.98. The summed E-state index contributed by atoms with van der Waals surface area (Å²) in [5.74, 6) is 2.89. The van der Waals surface area contributed by atoms with Crippen LogP contribution in [0, 0.1) is 17.8 Å². The molecular weight excluding hydrogens is 268 g/mol. The summed E-state index contributed by atoms with van der Waals surface area (Å²) >= 11 is 0. The number of nitrogens with one attached hydrogen (secondary N) is 1. The van der Waals surface area contributed by atoms with Crippen molar-refractivity contribution >= 4 is 0 Å². The van der Waals surface area contributed by atoms with Crippen molar-refractivity contribution in [1.82, 2.24) is 10.2 Å². The third-order valence-corrected chi connectivity index (χ3v) is 6.55. The van der Waals surface area contributed by atoms with Crippen LogP contribution in [0.5, 0.6) is 0 Å². The first-order valence-corrected chi connectivity index (χ1v) is 10.2. The molecule has 0 amide bonds. The van der Waals surface area contributed by atoms with E-state index in [1.807, 2.05) is 0 Å². The molecule has 0 aromatic carbocycles. The summed E-state index contributed by atoms with van der Waals surface area (Å²) in [5, 5.41) is 3.98. The van der Waals surface area contributed by atoms with Crippen LogP contribution in [-0.2, 0) is 0 Å². The lowest BCUT2D eigenvalue weighted by Gasteiger charge is -2.48. The summed E-state index contributed by atoms with van der Waals surface area (Å²) in [6, 6.07) is 1.68. The first-order valence-electron chi connectivity index (χ1n) is 10.2. The van der Waals surface area contributed by atoms with Gasteiger partial charge >= 0.3 is 0 Å². The second-order valence-corrected chi connectivity index (χ2v) is 8.68. The number of hydrogen-bond donors (Lipinski definition) is 1. The molecule has 1 N–H and O–H groups in total. The van der Waals surface area contributed by atoms with Crippen LogP contribution >= 0.6 is 0 Å². The Morgan fingerprint density at radius 1 is 0.955 bits per heavy atom. The SMILES string of the molecule is CCCC1CC(NCC2CCCCC2)CN(C2CC(C)C2)C1. The lowest BCUT2D eigenvalue weighted by atomic mass is 9.78. The van der Waals surface area contributed by atoms with Gasteiger partial charge in [0, 0.05) is 25.2 Å². The third kappa shape index (κ3) is 4.47. The summed E-state index contributed by atoms with van der Waals surface area (Å²) in [4.78, 5) is 2.85. The van der Waals surface area contributed by atoms with E-state index in [1.54, 1.807) is 0 Å². The van der Waals surface area contributed by atoms with E-state index < -0.39 is 0 Å². The maximum atomic E-state index is 3.98. The van der Waals surface area contributed by atoms with Crippen molar-refractivity contribution in [2.24, 2.45) is 17.8 Å². The van der Waals surface area contributed by atoms with Gasteiger partial charge in [-0.3, -0.25) is 4.90 Å². The Morgan fingerprint density at radius 3 is 2.41 bits per heavy atom. The van der Waals surface area contributed by atoms with Crippen LogP contribution in [0.1, 0.15) is 78.1 Å². The van der Waals surface area contributed by atoms with Gasteiger partial charge in [-0.05, 0) is 62.8 Å². The van der Waals surface area contributed by atoms with Crippen molar-refractivity contribution in [2.45, 2.75) is 90.1 Å². The molecule has 2 unspecified atom stereocenters. The van der Waals surface area contributed by atoms with Gasteiger partial charge in [0.1, 0.15) is 0 Å². The van der Waals surface area contributed by atoms with Crippen LogP contribution in [0.3, 0.4) is 0 Å². The van der Waals surface area contributed by atoms with Crippen LogP contribution in [0.25, 0.3) is 0 Å². The summed E-state index contributed by atoms with van der Waals surface area (Å²) in [5.41, 5.74) is 0. The van der Waals surface area contributed by atoms with E-state index in [4.69, 9.17) is 0 Å². The first-order chi connectivity index (χ1) is 10.7. The van der Waals surface area contributed by atoms with Crippen LogP contribution in [0.2, 0.25) is 0 Å². The fourth-order valence-corrected chi connectivity index (χ4v) is 5.19. The zero-order valence-corrected chi connectivity index (χ0v) is 15.0. The molecule has 0 aromatic heterocycles. The molecular formula is C20H38N2. The quantitative estimate of drug-likeness (QED) is 0.780. The van der Waals surface area contributed by atoms with Gasteiger partial charge in [-0.25, -0.2) is 0 Å². The van der Waals surface area contributed by atoms with Gasteiger partial charge in [-0.2, -0.15) is 0 Å². The minimum atomic E-state index is 0.767. The molecule has 3 rings (SSSR count). The molecule has 1 saturated heterocycles. The molecule has 2 saturated carbocycles. The second kappa shape index (κ2) is 8.15. The standard InChI is InChI=1S/C20H38N2/c1-3-7-18-12-19(21-13-17-8-5-4-6-9-17)15-22(14-18)20-10-16(2)11-20/h16-21H,3-15H2,1-2H3. The van der Waals surface area contributed by atoms with Crippen LogP contribution in [0.15, 0.2) is 0 Å². The molecule has 22 heavy (non-hydrogen) atoms. The van der Waals surface area contributed by atoms with Crippen LogP contribution < -0.4 is 5.32 Å². The summed E-state index contributed by atoms with van der Waals surface area (Å²) in [6.07, 6.45) is 14.5. The first kappa shape index (κ1) is 16.8. The minimum absolute atomic E-state index is 0.767. The Labute approximate surface area is 138 Å². The van der Waals surface area contributed by atoms with Gasteiger partial charge in [0.15, 0.2) is 0 Å². The Hall–Kier alpha value is -0.0800. The summed E-state index contributed by atoms with van der Waals surface area (Å²) in [7, 11) is 0. The zero-order valence-electron chi connectivity index (χ0n) is 15.0. The number of likely N-dealkylation sites (tertiary alicyclic amines) is 1. The highest BCUT2D eigenvalue weighted by atomic mass is 15.2. The summed E-state index contributed by atoms with van der Waals surface area (Å²) in [6.45, 7) is 8.77. The van der Waals surface area contributed by atoms with Crippen LogP contribution in [0.4, 0.5) is 0 Å². The van der Waals surface area contributed by atoms with Gasteiger partial charge in [-0.15, -0.1) is 0 Å². The molecule has 0 spiro atoms. The predicted molar refractivity (Wildman–Crippen MR) is 95.1 cm³/mol. The van der Waals surface area contributed by atoms with Gasteiger partial charge < -0.3 is 5.32 Å².